The SMILES string of the molecule is Cn1nncc1C(=O)c1ccc(Cl)cc1F. The van der Waals surface area contributed by atoms with Crippen molar-refractivity contribution in [1.82, 2.24) is 15.0 Å². The van der Waals surface area contributed by atoms with Crippen LogP contribution in [-0.2, 0) is 7.05 Å². The van der Waals surface area contributed by atoms with Gasteiger partial charge in [-0.2, -0.15) is 0 Å². The lowest BCUT2D eigenvalue weighted by Gasteiger charge is -2.02. The first-order chi connectivity index (χ1) is 7.59. The van der Waals surface area contributed by atoms with E-state index in [-0.39, 0.29) is 16.3 Å². The summed E-state index contributed by atoms with van der Waals surface area (Å²) in [6.45, 7) is 0. The van der Waals surface area contributed by atoms with Gasteiger partial charge in [-0.25, -0.2) is 9.07 Å². The normalized spacial score (nSPS) is 10.4. The number of aryl methyl sites for hydroxylation is 1. The van der Waals surface area contributed by atoms with Crippen LogP contribution in [-0.4, -0.2) is 20.8 Å². The topological polar surface area (TPSA) is 47.8 Å². The van der Waals surface area contributed by atoms with Crippen LogP contribution in [0.5, 0.6) is 0 Å². The second-order valence-corrected chi connectivity index (χ2v) is 3.63. The van der Waals surface area contributed by atoms with Gasteiger partial charge in [-0.15, -0.1) is 5.10 Å². The zero-order chi connectivity index (χ0) is 11.7. The maximum Gasteiger partial charge on any atom is 0.215 e. The van der Waals surface area contributed by atoms with Gasteiger partial charge in [-0.3, -0.25) is 4.79 Å². The molecule has 0 aliphatic rings. The van der Waals surface area contributed by atoms with E-state index >= 15 is 0 Å². The van der Waals surface area contributed by atoms with Crippen molar-refractivity contribution in [3.63, 3.8) is 0 Å². The molecule has 0 saturated carbocycles. The lowest BCUT2D eigenvalue weighted by Crippen LogP contribution is -2.09. The molecule has 0 unspecified atom stereocenters. The number of hydrogen-bond donors (Lipinski definition) is 0. The number of ketones is 1. The zero-order valence-corrected chi connectivity index (χ0v) is 9.07. The molecule has 1 heterocycles. The third-order valence-electron chi connectivity index (χ3n) is 2.12. The molecule has 0 aliphatic heterocycles. The highest BCUT2D eigenvalue weighted by atomic mass is 35.5. The van der Waals surface area contributed by atoms with Crippen LogP contribution >= 0.6 is 11.6 Å². The molecule has 16 heavy (non-hydrogen) atoms. The molecule has 4 nitrogen and oxygen atoms in total. The largest absolute Gasteiger partial charge is 0.287 e. The van der Waals surface area contributed by atoms with E-state index in [2.05, 4.69) is 10.3 Å². The molecule has 0 N–H and O–H groups in total. The molecule has 2 aromatic rings. The van der Waals surface area contributed by atoms with Crippen molar-refractivity contribution < 1.29 is 9.18 Å². The van der Waals surface area contributed by atoms with Gasteiger partial charge in [0.2, 0.25) is 5.78 Å². The van der Waals surface area contributed by atoms with Crippen LogP contribution in [0.3, 0.4) is 0 Å². The molecule has 2 rings (SSSR count). The average Bonchev–Trinajstić information content (AvgIpc) is 2.63. The van der Waals surface area contributed by atoms with E-state index < -0.39 is 11.6 Å². The van der Waals surface area contributed by atoms with Gasteiger partial charge < -0.3 is 0 Å². The van der Waals surface area contributed by atoms with Crippen molar-refractivity contribution in [2.24, 2.45) is 7.05 Å². The minimum Gasteiger partial charge on any atom is -0.287 e. The summed E-state index contributed by atoms with van der Waals surface area (Å²) in [5.74, 6) is -1.12. The number of carbonyl (C=O) groups excluding carboxylic acids is 1. The Morgan fingerprint density at radius 2 is 2.25 bits per heavy atom. The summed E-state index contributed by atoms with van der Waals surface area (Å²) in [5.41, 5.74) is 0.177. The molecule has 0 spiro atoms. The van der Waals surface area contributed by atoms with E-state index in [1.165, 1.54) is 23.0 Å². The Kier molecular flexibility index (Phi) is 2.70. The molecule has 0 saturated heterocycles. The van der Waals surface area contributed by atoms with Crippen LogP contribution in [0.15, 0.2) is 24.4 Å². The minimum atomic E-state index is -0.654. The molecule has 1 aromatic carbocycles. The monoisotopic (exact) mass is 239 g/mol. The maximum absolute atomic E-state index is 13.5. The Labute approximate surface area is 95.6 Å². The molecule has 0 atom stereocenters. The fourth-order valence-corrected chi connectivity index (χ4v) is 1.47. The van der Waals surface area contributed by atoms with Gasteiger partial charge >= 0.3 is 0 Å². The van der Waals surface area contributed by atoms with Gasteiger partial charge in [-0.05, 0) is 18.2 Å². The molecule has 82 valence electrons. The number of rotatable bonds is 2. The first-order valence-corrected chi connectivity index (χ1v) is 4.82. The van der Waals surface area contributed by atoms with Crippen LogP contribution in [0.25, 0.3) is 0 Å². The predicted molar refractivity (Wildman–Crippen MR) is 55.8 cm³/mol. The second-order valence-electron chi connectivity index (χ2n) is 3.20. The van der Waals surface area contributed by atoms with E-state index in [0.29, 0.717) is 0 Å². The molecule has 0 fully saturated rings. The van der Waals surface area contributed by atoms with Gasteiger partial charge in [0.05, 0.1) is 11.8 Å². The number of halogens is 2. The predicted octanol–water partition coefficient (Wildman–Crippen LogP) is 1.84. The van der Waals surface area contributed by atoms with E-state index in [1.807, 2.05) is 0 Å². The van der Waals surface area contributed by atoms with Crippen molar-refractivity contribution in [1.29, 1.82) is 0 Å². The molecule has 0 bridgehead atoms. The highest BCUT2D eigenvalue weighted by molar-refractivity contribution is 6.30. The molecular weight excluding hydrogens is 233 g/mol. The fourth-order valence-electron chi connectivity index (χ4n) is 1.31. The highest BCUT2D eigenvalue weighted by Gasteiger charge is 2.17. The molecule has 0 amide bonds. The Balaban J connectivity index is 2.46. The van der Waals surface area contributed by atoms with Crippen molar-refractivity contribution in [2.45, 2.75) is 0 Å². The lowest BCUT2D eigenvalue weighted by atomic mass is 10.1. The molecule has 0 aliphatic carbocycles. The first kappa shape index (κ1) is 10.8. The van der Waals surface area contributed by atoms with Crippen LogP contribution < -0.4 is 0 Å². The highest BCUT2D eigenvalue weighted by Crippen LogP contribution is 2.17. The summed E-state index contributed by atoms with van der Waals surface area (Å²) in [7, 11) is 1.56. The smallest absolute Gasteiger partial charge is 0.215 e. The number of hydrogen-bond acceptors (Lipinski definition) is 3. The van der Waals surface area contributed by atoms with Crippen LogP contribution in [0.2, 0.25) is 5.02 Å². The standard InChI is InChI=1S/C10H7ClFN3O/c1-15-9(5-13-14-15)10(16)7-3-2-6(11)4-8(7)12/h2-5H,1H3. The van der Waals surface area contributed by atoms with Crippen LogP contribution in [0.4, 0.5) is 4.39 Å². The lowest BCUT2D eigenvalue weighted by molar-refractivity contribution is 0.102. The van der Waals surface area contributed by atoms with Gasteiger partial charge in [0.1, 0.15) is 11.5 Å². The Morgan fingerprint density at radius 3 is 2.81 bits per heavy atom. The molecule has 1 aromatic heterocycles. The summed E-state index contributed by atoms with van der Waals surface area (Å²) < 4.78 is 14.8. The molecular formula is C10H7ClFN3O. The molecule has 0 radical (unpaired) electrons. The number of nitrogens with zero attached hydrogens (tertiary/aromatic N) is 3. The number of benzene rings is 1. The summed E-state index contributed by atoms with van der Waals surface area (Å²) >= 11 is 5.60. The number of carbonyl (C=O) groups is 1. The van der Waals surface area contributed by atoms with Crippen molar-refractivity contribution >= 4 is 17.4 Å². The third kappa shape index (κ3) is 1.81. The van der Waals surface area contributed by atoms with Gasteiger partial charge in [-0.1, -0.05) is 16.8 Å². The van der Waals surface area contributed by atoms with Crippen molar-refractivity contribution in [2.75, 3.05) is 0 Å². The van der Waals surface area contributed by atoms with E-state index in [0.717, 1.165) is 6.07 Å². The van der Waals surface area contributed by atoms with Gasteiger partial charge in [0, 0.05) is 12.1 Å². The average molecular weight is 240 g/mol. The van der Waals surface area contributed by atoms with Crippen LogP contribution in [0.1, 0.15) is 16.1 Å². The van der Waals surface area contributed by atoms with Gasteiger partial charge in [0.25, 0.3) is 0 Å². The first-order valence-electron chi connectivity index (χ1n) is 4.44. The van der Waals surface area contributed by atoms with E-state index in [1.54, 1.807) is 7.05 Å². The fraction of sp³-hybridized carbons (Fsp3) is 0.100. The summed E-state index contributed by atoms with van der Waals surface area (Å²) in [4.78, 5) is 11.9. The number of aromatic nitrogens is 3. The summed E-state index contributed by atoms with van der Waals surface area (Å²) in [5, 5.41) is 7.41. The quantitative estimate of drug-likeness (QED) is 0.752. The minimum absolute atomic E-state index is 0.0465. The Morgan fingerprint density at radius 1 is 1.50 bits per heavy atom. The maximum atomic E-state index is 13.5. The third-order valence-corrected chi connectivity index (χ3v) is 2.36. The zero-order valence-electron chi connectivity index (χ0n) is 8.32. The Hall–Kier alpha value is -1.75. The van der Waals surface area contributed by atoms with Gasteiger partial charge in [0.15, 0.2) is 0 Å². The van der Waals surface area contributed by atoms with Crippen LogP contribution in [0, 0.1) is 5.82 Å². The molecule has 6 heteroatoms. The second kappa shape index (κ2) is 4.02. The Bertz CT molecular complexity index is 553. The van der Waals surface area contributed by atoms with E-state index in [9.17, 15) is 9.18 Å². The summed E-state index contributed by atoms with van der Waals surface area (Å²) in [6, 6.07) is 3.90. The van der Waals surface area contributed by atoms with Crippen molar-refractivity contribution in [3.05, 3.63) is 46.5 Å². The van der Waals surface area contributed by atoms with E-state index in [4.69, 9.17) is 11.6 Å². The summed E-state index contributed by atoms with van der Waals surface area (Å²) in [6.07, 6.45) is 1.29. The van der Waals surface area contributed by atoms with Crippen molar-refractivity contribution in [3.8, 4) is 0 Å².